The van der Waals surface area contributed by atoms with Crippen molar-refractivity contribution in [3.8, 4) is 0 Å². The van der Waals surface area contributed by atoms with Crippen LogP contribution in [0.3, 0.4) is 0 Å². The molecule has 0 saturated heterocycles. The molecule has 20 heavy (non-hydrogen) atoms. The summed E-state index contributed by atoms with van der Waals surface area (Å²) < 4.78 is 10.1. The van der Waals surface area contributed by atoms with Gasteiger partial charge in [0, 0.05) is 10.2 Å². The van der Waals surface area contributed by atoms with E-state index in [1.165, 1.54) is 14.2 Å². The van der Waals surface area contributed by atoms with Gasteiger partial charge in [0.1, 0.15) is 5.70 Å². The Morgan fingerprint density at radius 1 is 1.15 bits per heavy atom. The number of esters is 2. The lowest BCUT2D eigenvalue weighted by Crippen LogP contribution is -2.16. The number of hydrogen-bond donors (Lipinski definition) is 1. The minimum Gasteiger partial charge on any atom is -0.466 e. The quantitative estimate of drug-likeness (QED) is 0.673. The van der Waals surface area contributed by atoms with Gasteiger partial charge in [-0.05, 0) is 37.1 Å². The van der Waals surface area contributed by atoms with Crippen LogP contribution in [0, 0.1) is 13.8 Å². The Kier molecular flexibility index (Phi) is 5.76. The molecule has 0 aliphatic carbocycles. The van der Waals surface area contributed by atoms with Crippen LogP contribution in [-0.4, -0.2) is 26.2 Å². The molecule has 0 unspecified atom stereocenters. The van der Waals surface area contributed by atoms with Gasteiger partial charge in [-0.15, -0.1) is 0 Å². The van der Waals surface area contributed by atoms with E-state index < -0.39 is 11.9 Å². The predicted molar refractivity (Wildman–Crippen MR) is 79.4 cm³/mol. The number of halogens is 1. The monoisotopic (exact) mass is 341 g/mol. The predicted octanol–water partition coefficient (Wildman–Crippen LogP) is 2.71. The molecule has 0 spiro atoms. The maximum atomic E-state index is 11.7. The molecular formula is C14H16BrNO4. The van der Waals surface area contributed by atoms with Gasteiger partial charge in [0.15, 0.2) is 0 Å². The molecule has 108 valence electrons. The molecule has 1 aromatic carbocycles. The van der Waals surface area contributed by atoms with Gasteiger partial charge in [-0.25, -0.2) is 9.59 Å². The van der Waals surface area contributed by atoms with Crippen LogP contribution in [-0.2, 0) is 19.1 Å². The minimum atomic E-state index is -0.643. The summed E-state index contributed by atoms with van der Waals surface area (Å²) in [7, 11) is 2.48. The SMILES string of the molecule is COC(=O)/C=C(/Nc1cc(C)c(Br)cc1C)C(=O)OC. The second-order valence-electron chi connectivity index (χ2n) is 4.11. The maximum Gasteiger partial charge on any atom is 0.354 e. The number of rotatable bonds is 4. The fraction of sp³-hybridized carbons (Fsp3) is 0.286. The highest BCUT2D eigenvalue weighted by atomic mass is 79.9. The summed E-state index contributed by atoms with van der Waals surface area (Å²) in [6.45, 7) is 3.82. The summed E-state index contributed by atoms with van der Waals surface area (Å²) >= 11 is 3.43. The van der Waals surface area contributed by atoms with Crippen LogP contribution < -0.4 is 5.32 Å². The molecule has 6 heteroatoms. The van der Waals surface area contributed by atoms with Crippen molar-refractivity contribution in [1.29, 1.82) is 0 Å². The first-order chi connectivity index (χ1) is 9.38. The third-order valence-electron chi connectivity index (χ3n) is 2.64. The molecule has 0 aliphatic rings. The van der Waals surface area contributed by atoms with E-state index in [-0.39, 0.29) is 5.70 Å². The molecular weight excluding hydrogens is 326 g/mol. The summed E-state index contributed by atoms with van der Waals surface area (Å²) in [6, 6.07) is 3.79. The highest BCUT2D eigenvalue weighted by Crippen LogP contribution is 2.25. The van der Waals surface area contributed by atoms with Crippen LogP contribution in [0.1, 0.15) is 11.1 Å². The van der Waals surface area contributed by atoms with E-state index >= 15 is 0 Å². The van der Waals surface area contributed by atoms with E-state index in [1.54, 1.807) is 0 Å². The van der Waals surface area contributed by atoms with E-state index in [0.717, 1.165) is 21.7 Å². The van der Waals surface area contributed by atoms with Crippen molar-refractivity contribution in [2.45, 2.75) is 13.8 Å². The highest BCUT2D eigenvalue weighted by Gasteiger charge is 2.14. The number of methoxy groups -OCH3 is 2. The van der Waals surface area contributed by atoms with Crippen molar-refractivity contribution < 1.29 is 19.1 Å². The largest absolute Gasteiger partial charge is 0.466 e. The molecule has 0 aliphatic heterocycles. The zero-order valence-corrected chi connectivity index (χ0v) is 13.3. The Bertz CT molecular complexity index is 567. The zero-order chi connectivity index (χ0) is 15.3. The summed E-state index contributed by atoms with van der Waals surface area (Å²) in [5.41, 5.74) is 2.65. The lowest BCUT2D eigenvalue weighted by molar-refractivity contribution is -0.138. The van der Waals surface area contributed by atoms with Crippen molar-refractivity contribution in [3.63, 3.8) is 0 Å². The minimum absolute atomic E-state index is 0.0178. The normalized spacial score (nSPS) is 10.9. The van der Waals surface area contributed by atoms with Crippen molar-refractivity contribution >= 4 is 33.6 Å². The smallest absolute Gasteiger partial charge is 0.354 e. The second kappa shape index (κ2) is 7.09. The average molecular weight is 342 g/mol. The van der Waals surface area contributed by atoms with Gasteiger partial charge in [0.2, 0.25) is 0 Å². The van der Waals surface area contributed by atoms with Crippen molar-refractivity contribution in [3.05, 3.63) is 39.5 Å². The van der Waals surface area contributed by atoms with E-state index in [1.807, 2.05) is 26.0 Å². The number of ether oxygens (including phenoxy) is 2. The van der Waals surface area contributed by atoms with Gasteiger partial charge in [-0.3, -0.25) is 0 Å². The van der Waals surface area contributed by atoms with Crippen LogP contribution in [0.2, 0.25) is 0 Å². The fourth-order valence-electron chi connectivity index (χ4n) is 1.49. The van der Waals surface area contributed by atoms with Crippen LogP contribution >= 0.6 is 15.9 Å². The van der Waals surface area contributed by atoms with Gasteiger partial charge in [0.25, 0.3) is 0 Å². The molecule has 1 aromatic rings. The Morgan fingerprint density at radius 2 is 1.80 bits per heavy atom. The first kappa shape index (κ1) is 16.2. The van der Waals surface area contributed by atoms with E-state index in [0.29, 0.717) is 5.69 Å². The van der Waals surface area contributed by atoms with E-state index in [4.69, 9.17) is 0 Å². The van der Waals surface area contributed by atoms with Crippen LogP contribution in [0.4, 0.5) is 5.69 Å². The van der Waals surface area contributed by atoms with Gasteiger partial charge >= 0.3 is 11.9 Å². The topological polar surface area (TPSA) is 64.6 Å². The summed E-state index contributed by atoms with van der Waals surface area (Å²) in [5.74, 6) is -1.28. The molecule has 0 radical (unpaired) electrons. The Balaban J connectivity index is 3.14. The molecule has 1 rings (SSSR count). The first-order valence-electron chi connectivity index (χ1n) is 5.80. The zero-order valence-electron chi connectivity index (χ0n) is 11.7. The highest BCUT2D eigenvalue weighted by molar-refractivity contribution is 9.10. The summed E-state index contributed by atoms with van der Waals surface area (Å²) in [6.07, 6.45) is 1.06. The lowest BCUT2D eigenvalue weighted by Gasteiger charge is -2.13. The third kappa shape index (κ3) is 4.09. The molecule has 0 amide bonds. The Hall–Kier alpha value is -1.82. The molecule has 1 N–H and O–H groups in total. The molecule has 0 aromatic heterocycles. The van der Waals surface area contributed by atoms with E-state index in [2.05, 4.69) is 30.7 Å². The van der Waals surface area contributed by atoms with Crippen LogP contribution in [0.5, 0.6) is 0 Å². The summed E-state index contributed by atoms with van der Waals surface area (Å²) in [5, 5.41) is 2.90. The maximum absolute atomic E-state index is 11.7. The number of nitrogens with one attached hydrogen (secondary N) is 1. The number of carbonyl (C=O) groups excluding carboxylic acids is 2. The molecule has 0 saturated carbocycles. The van der Waals surface area contributed by atoms with Crippen LogP contribution in [0.15, 0.2) is 28.4 Å². The van der Waals surface area contributed by atoms with Gasteiger partial charge in [-0.2, -0.15) is 0 Å². The Morgan fingerprint density at radius 3 is 2.35 bits per heavy atom. The van der Waals surface area contributed by atoms with Gasteiger partial charge in [-0.1, -0.05) is 15.9 Å². The Labute approximate surface area is 126 Å². The summed E-state index contributed by atoms with van der Waals surface area (Å²) in [4.78, 5) is 22.9. The molecule has 0 bridgehead atoms. The molecule has 0 heterocycles. The fourth-order valence-corrected chi connectivity index (χ4v) is 1.95. The number of anilines is 1. The van der Waals surface area contributed by atoms with Gasteiger partial charge < -0.3 is 14.8 Å². The lowest BCUT2D eigenvalue weighted by atomic mass is 10.1. The average Bonchev–Trinajstić information content (AvgIpc) is 2.42. The van der Waals surface area contributed by atoms with E-state index in [9.17, 15) is 9.59 Å². The number of aryl methyl sites for hydroxylation is 2. The third-order valence-corrected chi connectivity index (χ3v) is 3.50. The standard InChI is InChI=1S/C14H16BrNO4/c1-8-6-11(9(2)5-10(8)15)16-12(14(18)20-4)7-13(17)19-3/h5-7,16H,1-4H3/b12-7+. The van der Waals surface area contributed by atoms with Crippen LogP contribution in [0.25, 0.3) is 0 Å². The number of hydrogen-bond acceptors (Lipinski definition) is 5. The first-order valence-corrected chi connectivity index (χ1v) is 6.60. The second-order valence-corrected chi connectivity index (χ2v) is 4.97. The molecule has 0 atom stereocenters. The molecule has 0 fully saturated rings. The van der Waals surface area contributed by atoms with Gasteiger partial charge in [0.05, 0.1) is 20.3 Å². The molecule has 5 nitrogen and oxygen atoms in total. The number of benzene rings is 1. The van der Waals surface area contributed by atoms with Crippen molar-refractivity contribution in [2.24, 2.45) is 0 Å². The number of carbonyl (C=O) groups is 2. The van der Waals surface area contributed by atoms with Crippen molar-refractivity contribution in [2.75, 3.05) is 19.5 Å². The van der Waals surface area contributed by atoms with Crippen molar-refractivity contribution in [1.82, 2.24) is 0 Å².